The normalized spacial score (nSPS) is 21.2. The molecule has 0 aromatic heterocycles. The van der Waals surface area contributed by atoms with Gasteiger partial charge in [0.2, 0.25) is 6.79 Å². The molecule has 2 unspecified atom stereocenters. The molecule has 228 valence electrons. The van der Waals surface area contributed by atoms with Crippen LogP contribution in [0.4, 0.5) is 11.4 Å². The fourth-order valence-corrected chi connectivity index (χ4v) is 6.42. The Morgan fingerprint density at radius 2 is 1.79 bits per heavy atom. The summed E-state index contributed by atoms with van der Waals surface area (Å²) in [4.78, 5) is 4.70. The molecule has 2 atom stereocenters. The zero-order chi connectivity index (χ0) is 29.0. The van der Waals surface area contributed by atoms with E-state index in [1.54, 1.807) is 7.11 Å². The van der Waals surface area contributed by atoms with Crippen LogP contribution in [-0.2, 0) is 16.1 Å². The van der Waals surface area contributed by atoms with Crippen molar-refractivity contribution >= 4 is 11.4 Å². The molecule has 9 nitrogen and oxygen atoms in total. The highest BCUT2D eigenvalue weighted by molar-refractivity contribution is 5.61. The second-order valence-electron chi connectivity index (χ2n) is 11.7. The van der Waals surface area contributed by atoms with E-state index < -0.39 is 0 Å². The van der Waals surface area contributed by atoms with Crippen molar-refractivity contribution in [3.8, 4) is 23.0 Å². The summed E-state index contributed by atoms with van der Waals surface area (Å²) in [6.45, 7) is 7.75. The highest BCUT2D eigenvalue weighted by Crippen LogP contribution is 2.38. The Balaban J connectivity index is 0.932. The second-order valence-corrected chi connectivity index (χ2v) is 11.7. The molecule has 9 heteroatoms. The number of hydrogen-bond acceptors (Lipinski definition) is 9. The van der Waals surface area contributed by atoms with E-state index in [4.69, 9.17) is 28.4 Å². The van der Waals surface area contributed by atoms with Gasteiger partial charge in [-0.1, -0.05) is 18.2 Å². The summed E-state index contributed by atoms with van der Waals surface area (Å²) in [5, 5.41) is 3.53. The zero-order valence-electron chi connectivity index (χ0n) is 24.8. The Bertz CT molecular complexity index is 1380. The van der Waals surface area contributed by atoms with E-state index in [0.717, 1.165) is 99.7 Å². The number of anilines is 2. The van der Waals surface area contributed by atoms with Crippen LogP contribution < -0.4 is 34.1 Å². The standard InChI is InChI=1S/C34H41N3O6/c1-38-15-2-13-36-14-16-39-31-9-3-24(17-30(31)36)22-40-34-19-35-12-11-29(34)25-4-7-27(8-5-25)43-28-20-37(21-28)26-6-10-32-33(18-26)42-23-41-32/h3-10,17-18,28-29,34-35H,2,11-16,19-23H2,1H3. The molecule has 4 aliphatic heterocycles. The lowest BCUT2D eigenvalue weighted by molar-refractivity contribution is 0.0106. The van der Waals surface area contributed by atoms with Crippen LogP contribution in [0.15, 0.2) is 60.7 Å². The van der Waals surface area contributed by atoms with E-state index in [2.05, 4.69) is 63.6 Å². The van der Waals surface area contributed by atoms with Gasteiger partial charge in [-0.25, -0.2) is 0 Å². The van der Waals surface area contributed by atoms with Crippen LogP contribution in [0.1, 0.15) is 29.9 Å². The van der Waals surface area contributed by atoms with Crippen molar-refractivity contribution < 1.29 is 28.4 Å². The summed E-state index contributed by atoms with van der Waals surface area (Å²) < 4.78 is 35.0. The molecule has 1 N–H and O–H groups in total. The van der Waals surface area contributed by atoms with Gasteiger partial charge in [-0.05, 0) is 66.9 Å². The minimum atomic E-state index is 0.104. The van der Waals surface area contributed by atoms with Crippen LogP contribution in [0, 0.1) is 0 Å². The number of nitrogens with one attached hydrogen (secondary N) is 1. The number of ether oxygens (including phenoxy) is 6. The monoisotopic (exact) mass is 587 g/mol. The summed E-state index contributed by atoms with van der Waals surface area (Å²) in [7, 11) is 1.75. The molecule has 2 saturated heterocycles. The largest absolute Gasteiger partial charge is 0.490 e. The lowest BCUT2D eigenvalue weighted by atomic mass is 9.87. The number of nitrogens with zero attached hydrogens (tertiary/aromatic N) is 2. The fraction of sp³-hybridized carbons (Fsp3) is 0.471. The van der Waals surface area contributed by atoms with Gasteiger partial charge < -0.3 is 43.5 Å². The topological polar surface area (TPSA) is 73.9 Å². The van der Waals surface area contributed by atoms with Crippen LogP contribution in [0.5, 0.6) is 23.0 Å². The third kappa shape index (κ3) is 6.34. The van der Waals surface area contributed by atoms with Gasteiger partial charge in [0.1, 0.15) is 24.2 Å². The number of benzene rings is 3. The van der Waals surface area contributed by atoms with Gasteiger partial charge in [-0.3, -0.25) is 0 Å². The molecule has 2 fully saturated rings. The van der Waals surface area contributed by atoms with Crippen LogP contribution in [0.25, 0.3) is 0 Å². The second kappa shape index (κ2) is 12.9. The molecule has 4 aliphatic rings. The molecule has 0 bridgehead atoms. The highest BCUT2D eigenvalue weighted by Gasteiger charge is 2.31. The van der Waals surface area contributed by atoms with Crippen molar-refractivity contribution in [2.75, 3.05) is 76.2 Å². The van der Waals surface area contributed by atoms with Crippen LogP contribution >= 0.6 is 0 Å². The van der Waals surface area contributed by atoms with Gasteiger partial charge in [0.05, 0.1) is 38.0 Å². The van der Waals surface area contributed by atoms with E-state index in [1.807, 2.05) is 12.1 Å². The van der Waals surface area contributed by atoms with Crippen molar-refractivity contribution in [1.82, 2.24) is 5.32 Å². The Hall–Kier alpha value is -3.66. The van der Waals surface area contributed by atoms with Gasteiger partial charge in [-0.15, -0.1) is 0 Å². The minimum Gasteiger partial charge on any atom is -0.490 e. The van der Waals surface area contributed by atoms with Gasteiger partial charge >= 0.3 is 0 Å². The number of fused-ring (bicyclic) bond motifs is 2. The molecule has 3 aromatic carbocycles. The van der Waals surface area contributed by atoms with Crippen molar-refractivity contribution in [2.24, 2.45) is 0 Å². The molecule has 0 saturated carbocycles. The van der Waals surface area contributed by atoms with Crippen molar-refractivity contribution in [3.63, 3.8) is 0 Å². The molecule has 43 heavy (non-hydrogen) atoms. The summed E-state index contributed by atoms with van der Waals surface area (Å²) in [5.74, 6) is 3.83. The van der Waals surface area contributed by atoms with Gasteiger partial charge in [0.15, 0.2) is 11.5 Å². The smallest absolute Gasteiger partial charge is 0.231 e. The summed E-state index contributed by atoms with van der Waals surface area (Å²) in [5.41, 5.74) is 4.77. The molecule has 0 spiro atoms. The predicted octanol–water partition coefficient (Wildman–Crippen LogP) is 4.58. The molecular formula is C34H41N3O6. The van der Waals surface area contributed by atoms with Crippen LogP contribution in [-0.4, -0.2) is 78.6 Å². The first-order valence-corrected chi connectivity index (χ1v) is 15.5. The van der Waals surface area contributed by atoms with Crippen LogP contribution in [0.3, 0.4) is 0 Å². The Morgan fingerprint density at radius 1 is 0.930 bits per heavy atom. The first-order valence-electron chi connectivity index (χ1n) is 15.5. The summed E-state index contributed by atoms with van der Waals surface area (Å²) in [6.07, 6.45) is 2.32. The van der Waals surface area contributed by atoms with E-state index in [-0.39, 0.29) is 12.2 Å². The lowest BCUT2D eigenvalue weighted by Gasteiger charge is -2.40. The van der Waals surface area contributed by atoms with E-state index >= 15 is 0 Å². The van der Waals surface area contributed by atoms with Crippen LogP contribution in [0.2, 0.25) is 0 Å². The van der Waals surface area contributed by atoms with Gasteiger partial charge in [0, 0.05) is 44.5 Å². The predicted molar refractivity (Wildman–Crippen MR) is 165 cm³/mol. The Morgan fingerprint density at radius 3 is 2.67 bits per heavy atom. The highest BCUT2D eigenvalue weighted by atomic mass is 16.7. The van der Waals surface area contributed by atoms with E-state index in [1.165, 1.54) is 11.1 Å². The van der Waals surface area contributed by atoms with Crippen molar-refractivity contribution in [2.45, 2.75) is 37.6 Å². The SMILES string of the molecule is COCCCN1CCOc2ccc(COC3CNCCC3c3ccc(OC4CN(c5ccc6c(c5)OCO6)C4)cc3)cc21. The van der Waals surface area contributed by atoms with E-state index in [0.29, 0.717) is 19.3 Å². The van der Waals surface area contributed by atoms with Crippen molar-refractivity contribution in [3.05, 3.63) is 71.8 Å². The third-order valence-corrected chi connectivity index (χ3v) is 8.83. The Labute approximate surface area is 253 Å². The molecule has 4 heterocycles. The minimum absolute atomic E-state index is 0.104. The Kier molecular flexibility index (Phi) is 8.45. The fourth-order valence-electron chi connectivity index (χ4n) is 6.42. The molecule has 3 aromatic rings. The number of rotatable bonds is 11. The quantitative estimate of drug-likeness (QED) is 0.325. The zero-order valence-corrected chi connectivity index (χ0v) is 24.8. The van der Waals surface area contributed by atoms with Gasteiger partial charge in [0.25, 0.3) is 0 Å². The molecule has 7 rings (SSSR count). The number of methoxy groups -OCH3 is 1. The average molecular weight is 588 g/mol. The molecular weight excluding hydrogens is 546 g/mol. The first-order chi connectivity index (χ1) is 21.2. The maximum Gasteiger partial charge on any atom is 0.231 e. The maximum atomic E-state index is 6.57. The molecule has 0 amide bonds. The number of piperidine rings is 1. The summed E-state index contributed by atoms with van der Waals surface area (Å²) in [6, 6.07) is 21.2. The maximum absolute atomic E-state index is 6.57. The lowest BCUT2D eigenvalue weighted by Crippen LogP contribution is -2.54. The number of hydrogen-bond donors (Lipinski definition) is 1. The molecule has 0 radical (unpaired) electrons. The summed E-state index contributed by atoms with van der Waals surface area (Å²) >= 11 is 0. The first kappa shape index (κ1) is 28.1. The average Bonchev–Trinajstić information content (AvgIpc) is 3.50. The van der Waals surface area contributed by atoms with E-state index in [9.17, 15) is 0 Å². The third-order valence-electron chi connectivity index (χ3n) is 8.83. The van der Waals surface area contributed by atoms with Crippen molar-refractivity contribution in [1.29, 1.82) is 0 Å². The molecule has 0 aliphatic carbocycles. The van der Waals surface area contributed by atoms with Gasteiger partial charge in [-0.2, -0.15) is 0 Å².